The largest absolute Gasteiger partial charge is 0.493 e. The van der Waals surface area contributed by atoms with E-state index in [1.807, 2.05) is 49.5 Å². The zero-order chi connectivity index (χ0) is 14.9. The Morgan fingerprint density at radius 3 is 2.43 bits per heavy atom. The Kier molecular flexibility index (Phi) is 6.38. The Labute approximate surface area is 130 Å². The summed E-state index contributed by atoms with van der Waals surface area (Å²) in [6, 6.07) is 15.4. The molecule has 0 saturated heterocycles. The van der Waals surface area contributed by atoms with Crippen LogP contribution in [0.1, 0.15) is 12.0 Å². The summed E-state index contributed by atoms with van der Waals surface area (Å²) in [5, 5.41) is 3.85. The zero-order valence-electron chi connectivity index (χ0n) is 12.1. The number of nitrogens with one attached hydrogen (secondary N) is 1. The van der Waals surface area contributed by atoms with Crippen LogP contribution in [-0.2, 0) is 6.54 Å². The van der Waals surface area contributed by atoms with Gasteiger partial charge in [0.1, 0.15) is 11.5 Å². The van der Waals surface area contributed by atoms with Gasteiger partial charge in [-0.15, -0.1) is 0 Å². The maximum Gasteiger partial charge on any atom is 0.123 e. The second-order valence-electron chi connectivity index (χ2n) is 4.64. The third kappa shape index (κ3) is 5.29. The van der Waals surface area contributed by atoms with E-state index in [1.165, 1.54) is 5.56 Å². The van der Waals surface area contributed by atoms with Crippen LogP contribution in [0.5, 0.6) is 11.5 Å². The highest BCUT2D eigenvalue weighted by Crippen LogP contribution is 2.18. The molecule has 0 spiro atoms. The molecule has 3 nitrogen and oxygen atoms in total. The molecule has 0 aliphatic heterocycles. The van der Waals surface area contributed by atoms with Gasteiger partial charge in [-0.1, -0.05) is 29.8 Å². The lowest BCUT2D eigenvalue weighted by molar-refractivity contribution is 0.246. The summed E-state index contributed by atoms with van der Waals surface area (Å²) in [7, 11) is 1.93. The summed E-state index contributed by atoms with van der Waals surface area (Å²) in [6.45, 7) is 2.06. The predicted molar refractivity (Wildman–Crippen MR) is 86.3 cm³/mol. The minimum absolute atomic E-state index is 0.621. The van der Waals surface area contributed by atoms with E-state index in [2.05, 4.69) is 11.4 Å². The molecule has 2 rings (SSSR count). The van der Waals surface area contributed by atoms with Gasteiger partial charge in [-0.3, -0.25) is 0 Å². The standard InChI is InChI=1S/C17H20ClNO2/c1-19-13-14-5-2-3-6-17(14)21-12-4-11-20-16-9-7-15(18)8-10-16/h2-3,5-10,19H,4,11-13H2,1H3. The van der Waals surface area contributed by atoms with Crippen molar-refractivity contribution in [2.75, 3.05) is 20.3 Å². The number of para-hydroxylation sites is 1. The fourth-order valence-corrected chi connectivity index (χ4v) is 2.07. The monoisotopic (exact) mass is 305 g/mol. The quantitative estimate of drug-likeness (QED) is 0.750. The van der Waals surface area contributed by atoms with E-state index < -0.39 is 0 Å². The van der Waals surface area contributed by atoms with E-state index in [1.54, 1.807) is 0 Å². The van der Waals surface area contributed by atoms with Crippen molar-refractivity contribution in [2.24, 2.45) is 0 Å². The molecule has 0 unspecified atom stereocenters. The molecule has 1 N–H and O–H groups in total. The average Bonchev–Trinajstić information content (AvgIpc) is 2.51. The van der Waals surface area contributed by atoms with Gasteiger partial charge in [0.2, 0.25) is 0 Å². The number of halogens is 1. The minimum atomic E-state index is 0.621. The summed E-state index contributed by atoms with van der Waals surface area (Å²) in [6.07, 6.45) is 0.830. The summed E-state index contributed by atoms with van der Waals surface area (Å²) in [5.74, 6) is 1.76. The smallest absolute Gasteiger partial charge is 0.123 e. The van der Waals surface area contributed by atoms with E-state index in [0.717, 1.165) is 24.5 Å². The van der Waals surface area contributed by atoms with E-state index in [4.69, 9.17) is 21.1 Å². The molecule has 0 radical (unpaired) electrons. The maximum absolute atomic E-state index is 5.82. The highest BCUT2D eigenvalue weighted by Gasteiger charge is 2.01. The van der Waals surface area contributed by atoms with Crippen LogP contribution in [0.25, 0.3) is 0 Å². The molecule has 0 amide bonds. The fourth-order valence-electron chi connectivity index (χ4n) is 1.94. The van der Waals surface area contributed by atoms with Gasteiger partial charge in [0.25, 0.3) is 0 Å². The maximum atomic E-state index is 5.82. The summed E-state index contributed by atoms with van der Waals surface area (Å²) >= 11 is 5.82. The molecule has 4 heteroatoms. The van der Waals surface area contributed by atoms with Crippen LogP contribution in [0.4, 0.5) is 0 Å². The van der Waals surface area contributed by atoms with E-state index in [-0.39, 0.29) is 0 Å². The van der Waals surface area contributed by atoms with Crippen molar-refractivity contribution in [2.45, 2.75) is 13.0 Å². The number of hydrogen-bond donors (Lipinski definition) is 1. The normalized spacial score (nSPS) is 10.4. The van der Waals surface area contributed by atoms with Crippen LogP contribution in [0, 0.1) is 0 Å². The molecule has 0 aliphatic rings. The van der Waals surface area contributed by atoms with Crippen molar-refractivity contribution in [1.82, 2.24) is 5.32 Å². The van der Waals surface area contributed by atoms with Gasteiger partial charge < -0.3 is 14.8 Å². The van der Waals surface area contributed by atoms with Crippen LogP contribution in [0.3, 0.4) is 0 Å². The van der Waals surface area contributed by atoms with Crippen LogP contribution in [0.2, 0.25) is 5.02 Å². The third-order valence-corrected chi connectivity index (χ3v) is 3.22. The third-order valence-electron chi connectivity index (χ3n) is 2.97. The van der Waals surface area contributed by atoms with Gasteiger partial charge in [-0.05, 0) is 37.4 Å². The first-order valence-electron chi connectivity index (χ1n) is 7.03. The van der Waals surface area contributed by atoms with Crippen molar-refractivity contribution in [1.29, 1.82) is 0 Å². The van der Waals surface area contributed by atoms with Crippen molar-refractivity contribution < 1.29 is 9.47 Å². The van der Waals surface area contributed by atoms with Crippen molar-refractivity contribution >= 4 is 11.6 Å². The Balaban J connectivity index is 1.71. The second kappa shape index (κ2) is 8.55. The lowest BCUT2D eigenvalue weighted by Gasteiger charge is -2.11. The second-order valence-corrected chi connectivity index (χ2v) is 5.08. The number of hydrogen-bond acceptors (Lipinski definition) is 3. The van der Waals surface area contributed by atoms with E-state index in [9.17, 15) is 0 Å². The summed E-state index contributed by atoms with van der Waals surface area (Å²) in [4.78, 5) is 0. The van der Waals surface area contributed by atoms with Gasteiger partial charge in [-0.25, -0.2) is 0 Å². The highest BCUT2D eigenvalue weighted by molar-refractivity contribution is 6.30. The Morgan fingerprint density at radius 2 is 1.67 bits per heavy atom. The molecule has 0 aliphatic carbocycles. The van der Waals surface area contributed by atoms with Gasteiger partial charge in [0, 0.05) is 23.6 Å². The zero-order valence-corrected chi connectivity index (χ0v) is 12.9. The van der Waals surface area contributed by atoms with Crippen LogP contribution >= 0.6 is 11.6 Å². The van der Waals surface area contributed by atoms with Crippen LogP contribution < -0.4 is 14.8 Å². The topological polar surface area (TPSA) is 30.5 Å². The first-order chi connectivity index (χ1) is 10.3. The number of benzene rings is 2. The van der Waals surface area contributed by atoms with Crippen molar-refractivity contribution in [3.8, 4) is 11.5 Å². The molecule has 0 heterocycles. The molecular weight excluding hydrogens is 286 g/mol. The Morgan fingerprint density at radius 1 is 0.952 bits per heavy atom. The lowest BCUT2D eigenvalue weighted by Crippen LogP contribution is -2.09. The minimum Gasteiger partial charge on any atom is -0.493 e. The summed E-state index contributed by atoms with van der Waals surface area (Å²) < 4.78 is 11.4. The molecule has 0 atom stereocenters. The van der Waals surface area contributed by atoms with Crippen LogP contribution in [-0.4, -0.2) is 20.3 Å². The molecule has 112 valence electrons. The predicted octanol–water partition coefficient (Wildman–Crippen LogP) is 3.91. The molecule has 21 heavy (non-hydrogen) atoms. The first kappa shape index (κ1) is 15.7. The van der Waals surface area contributed by atoms with Gasteiger partial charge in [0.05, 0.1) is 13.2 Å². The van der Waals surface area contributed by atoms with Crippen molar-refractivity contribution in [3.63, 3.8) is 0 Å². The highest BCUT2D eigenvalue weighted by atomic mass is 35.5. The lowest BCUT2D eigenvalue weighted by atomic mass is 10.2. The summed E-state index contributed by atoms with van der Waals surface area (Å²) in [5.41, 5.74) is 1.17. The number of rotatable bonds is 8. The first-order valence-corrected chi connectivity index (χ1v) is 7.41. The fraction of sp³-hybridized carbons (Fsp3) is 0.294. The molecular formula is C17H20ClNO2. The van der Waals surface area contributed by atoms with E-state index >= 15 is 0 Å². The molecule has 0 aromatic heterocycles. The average molecular weight is 306 g/mol. The van der Waals surface area contributed by atoms with Gasteiger partial charge in [0.15, 0.2) is 0 Å². The molecule has 2 aromatic carbocycles. The van der Waals surface area contributed by atoms with Gasteiger partial charge in [-0.2, -0.15) is 0 Å². The van der Waals surface area contributed by atoms with Crippen LogP contribution in [0.15, 0.2) is 48.5 Å². The molecule has 0 fully saturated rings. The van der Waals surface area contributed by atoms with Gasteiger partial charge >= 0.3 is 0 Å². The molecule has 0 saturated carbocycles. The molecule has 2 aromatic rings. The molecule has 0 bridgehead atoms. The number of ether oxygens (including phenoxy) is 2. The van der Waals surface area contributed by atoms with Crippen molar-refractivity contribution in [3.05, 3.63) is 59.1 Å². The Bertz CT molecular complexity index is 543. The van der Waals surface area contributed by atoms with E-state index in [0.29, 0.717) is 18.2 Å². The SMILES string of the molecule is CNCc1ccccc1OCCCOc1ccc(Cl)cc1. The Hall–Kier alpha value is -1.71.